The van der Waals surface area contributed by atoms with Crippen LogP contribution in [0.4, 0.5) is 0 Å². The molecule has 1 saturated heterocycles. The van der Waals surface area contributed by atoms with Gasteiger partial charge in [0.05, 0.1) is 4.87 Å². The van der Waals surface area contributed by atoms with Gasteiger partial charge in [-0.3, -0.25) is 4.79 Å². The number of thiocarbonyl (C=S) groups is 1. The van der Waals surface area contributed by atoms with Crippen LogP contribution in [0.15, 0.2) is 0 Å². The van der Waals surface area contributed by atoms with Crippen molar-refractivity contribution < 1.29 is 9.53 Å². The molecule has 22 heavy (non-hydrogen) atoms. The van der Waals surface area contributed by atoms with Crippen molar-refractivity contribution in [2.45, 2.75) is 87.8 Å². The smallest absolute Gasteiger partial charge is 0.222 e. The molecule has 1 aliphatic carbocycles. The van der Waals surface area contributed by atoms with Gasteiger partial charge in [-0.1, -0.05) is 6.42 Å². The fourth-order valence-electron chi connectivity index (χ4n) is 3.51. The van der Waals surface area contributed by atoms with Crippen LogP contribution in [0.5, 0.6) is 0 Å². The van der Waals surface area contributed by atoms with Crippen molar-refractivity contribution in [3.05, 3.63) is 0 Å². The first-order valence-electron chi connectivity index (χ1n) is 8.01. The largest absolute Gasteiger partial charge is 0.475 e. The summed E-state index contributed by atoms with van der Waals surface area (Å²) < 4.78 is 6.53. The van der Waals surface area contributed by atoms with Crippen LogP contribution in [0, 0.1) is 0 Å². The molecule has 0 aromatic rings. The van der Waals surface area contributed by atoms with Gasteiger partial charge in [-0.15, -0.1) is 11.8 Å². The number of carbonyl (C=O) groups is 1. The molecule has 2 fully saturated rings. The van der Waals surface area contributed by atoms with E-state index in [1.54, 1.807) is 18.7 Å². The minimum atomic E-state index is -0.215. The molecule has 6 heteroatoms. The first kappa shape index (κ1) is 18.4. The van der Waals surface area contributed by atoms with Crippen molar-refractivity contribution in [2.75, 3.05) is 0 Å². The van der Waals surface area contributed by atoms with Crippen LogP contribution < -0.4 is 0 Å². The lowest BCUT2D eigenvalue weighted by atomic mass is 9.98. The third kappa shape index (κ3) is 4.12. The van der Waals surface area contributed by atoms with Crippen molar-refractivity contribution in [2.24, 2.45) is 0 Å². The molecular formula is C16H27NO2S3. The average Bonchev–Trinajstić information content (AvgIpc) is 2.54. The number of rotatable bonds is 2. The second-order valence-corrected chi connectivity index (χ2v) is 11.1. The topological polar surface area (TPSA) is 29.5 Å². The molecule has 1 saturated carbocycles. The lowest BCUT2D eigenvalue weighted by Crippen LogP contribution is -2.47. The fraction of sp³-hybridized carbons (Fsp3) is 0.875. The Morgan fingerprint density at radius 3 is 2.36 bits per heavy atom. The molecular weight excluding hydrogens is 334 g/mol. The Hall–Kier alpha value is 0.0600. The summed E-state index contributed by atoms with van der Waals surface area (Å²) in [6.45, 7) is 10.2. The van der Waals surface area contributed by atoms with Crippen LogP contribution in [0.2, 0.25) is 0 Å². The third-order valence-electron chi connectivity index (χ3n) is 4.28. The van der Waals surface area contributed by atoms with E-state index in [0.717, 1.165) is 12.8 Å². The fourth-order valence-corrected chi connectivity index (χ4v) is 7.28. The summed E-state index contributed by atoms with van der Waals surface area (Å²) in [5.41, 5.74) is 0. The van der Waals surface area contributed by atoms with Crippen LogP contribution in [0.25, 0.3) is 0 Å². The molecule has 3 nitrogen and oxygen atoms in total. The van der Waals surface area contributed by atoms with Crippen molar-refractivity contribution >= 4 is 46.0 Å². The minimum absolute atomic E-state index is 0.0149. The van der Waals surface area contributed by atoms with Gasteiger partial charge >= 0.3 is 0 Å². The molecule has 1 unspecified atom stereocenters. The molecule has 2 aliphatic rings. The van der Waals surface area contributed by atoms with E-state index in [4.69, 9.17) is 17.0 Å². The van der Waals surface area contributed by atoms with Gasteiger partial charge in [-0.25, -0.2) is 0 Å². The van der Waals surface area contributed by atoms with Crippen LogP contribution >= 0.6 is 35.7 Å². The number of thioether (sulfide) groups is 2. The highest BCUT2D eigenvalue weighted by Gasteiger charge is 2.53. The van der Waals surface area contributed by atoms with E-state index in [1.165, 1.54) is 19.3 Å². The lowest BCUT2D eigenvalue weighted by molar-refractivity contribution is -0.131. The Bertz CT molecular complexity index is 445. The van der Waals surface area contributed by atoms with Gasteiger partial charge in [0.25, 0.3) is 0 Å². The Morgan fingerprint density at radius 2 is 1.82 bits per heavy atom. The monoisotopic (exact) mass is 361 g/mol. The van der Waals surface area contributed by atoms with Crippen molar-refractivity contribution in [3.8, 4) is 0 Å². The predicted molar refractivity (Wildman–Crippen MR) is 100 cm³/mol. The van der Waals surface area contributed by atoms with Crippen LogP contribution in [0.1, 0.15) is 66.7 Å². The van der Waals surface area contributed by atoms with Gasteiger partial charge < -0.3 is 9.64 Å². The first-order chi connectivity index (χ1) is 10.1. The molecule has 1 heterocycles. The summed E-state index contributed by atoms with van der Waals surface area (Å²) in [7, 11) is 0. The maximum Gasteiger partial charge on any atom is 0.222 e. The normalized spacial score (nSPS) is 27.7. The van der Waals surface area contributed by atoms with Gasteiger partial charge in [0.2, 0.25) is 10.3 Å². The highest BCUT2D eigenvalue weighted by Crippen LogP contribution is 2.54. The van der Waals surface area contributed by atoms with Crippen molar-refractivity contribution in [1.29, 1.82) is 0 Å². The lowest BCUT2D eigenvalue weighted by Gasteiger charge is -2.35. The highest BCUT2D eigenvalue weighted by molar-refractivity contribution is 8.23. The highest BCUT2D eigenvalue weighted by atomic mass is 32.2. The van der Waals surface area contributed by atoms with Gasteiger partial charge in [-0.05, 0) is 77.4 Å². The van der Waals surface area contributed by atoms with Crippen molar-refractivity contribution in [1.82, 2.24) is 4.90 Å². The summed E-state index contributed by atoms with van der Waals surface area (Å²) in [6.07, 6.45) is 6.24. The molecule has 1 aliphatic heterocycles. The molecule has 0 aromatic heterocycles. The van der Waals surface area contributed by atoms with E-state index < -0.39 is 0 Å². The van der Waals surface area contributed by atoms with Crippen LogP contribution in [0.3, 0.4) is 0 Å². The average molecular weight is 362 g/mol. The second-order valence-electron chi connectivity index (χ2n) is 7.14. The molecule has 0 bridgehead atoms. The molecule has 0 aromatic carbocycles. The summed E-state index contributed by atoms with van der Waals surface area (Å²) >= 11 is 8.85. The maximum atomic E-state index is 12.1. The summed E-state index contributed by atoms with van der Waals surface area (Å²) in [6, 6.07) is 0. The van der Waals surface area contributed by atoms with E-state index in [-0.39, 0.29) is 27.0 Å². The van der Waals surface area contributed by atoms with E-state index in [9.17, 15) is 4.79 Å². The Labute approximate surface area is 148 Å². The zero-order valence-corrected chi connectivity index (χ0v) is 16.6. The van der Waals surface area contributed by atoms with Gasteiger partial charge in [0.1, 0.15) is 11.5 Å². The number of carbonyl (C=O) groups excluding carboxylic acids is 1. The molecule has 0 N–H and O–H groups in total. The maximum absolute atomic E-state index is 12.1. The third-order valence-corrected chi connectivity index (χ3v) is 7.58. The quantitative estimate of drug-likeness (QED) is 0.660. The van der Waals surface area contributed by atoms with Crippen LogP contribution in [-0.2, 0) is 9.53 Å². The zero-order valence-electron chi connectivity index (χ0n) is 14.2. The summed E-state index contributed by atoms with van der Waals surface area (Å²) in [5.74, 6) is 0.0982. The minimum Gasteiger partial charge on any atom is -0.475 e. The summed E-state index contributed by atoms with van der Waals surface area (Å²) in [5, 5.41) is 0.0149. The van der Waals surface area contributed by atoms with E-state index in [1.807, 2.05) is 16.7 Å². The number of hydrogen-bond donors (Lipinski definition) is 0. The number of ether oxygens (including phenoxy) is 1. The van der Waals surface area contributed by atoms with E-state index in [0.29, 0.717) is 4.38 Å². The molecule has 126 valence electrons. The van der Waals surface area contributed by atoms with E-state index >= 15 is 0 Å². The molecule has 1 atom stereocenters. The molecule has 0 radical (unpaired) electrons. The Balaban J connectivity index is 2.04. The Kier molecular flexibility index (Phi) is 5.77. The summed E-state index contributed by atoms with van der Waals surface area (Å²) in [4.78, 5) is 13.9. The molecule has 0 spiro atoms. The SMILES string of the molecule is CC(=O)N1C(SC(=S)OC2CCCCC2)C(C)(C)SC1(C)C. The first-order valence-corrected chi connectivity index (χ1v) is 10.1. The molecule has 1 amide bonds. The van der Waals surface area contributed by atoms with Gasteiger partial charge in [0.15, 0.2) is 0 Å². The van der Waals surface area contributed by atoms with Gasteiger partial charge in [-0.2, -0.15) is 0 Å². The van der Waals surface area contributed by atoms with Crippen molar-refractivity contribution in [3.63, 3.8) is 0 Å². The number of amides is 1. The Morgan fingerprint density at radius 1 is 1.23 bits per heavy atom. The number of hydrogen-bond acceptors (Lipinski definition) is 5. The zero-order chi connectivity index (χ0) is 16.5. The van der Waals surface area contributed by atoms with Gasteiger partial charge in [0, 0.05) is 11.7 Å². The number of nitrogens with zero attached hydrogens (tertiary/aromatic N) is 1. The predicted octanol–water partition coefficient (Wildman–Crippen LogP) is 4.79. The van der Waals surface area contributed by atoms with Crippen LogP contribution in [-0.4, -0.2) is 36.3 Å². The molecule has 2 rings (SSSR count). The standard InChI is InChI=1S/C16H27NO2S3/c1-11(18)17-13(15(2,3)22-16(17,4)5)21-14(20)19-12-9-7-6-8-10-12/h12-13H,6-10H2,1-5H3. The van der Waals surface area contributed by atoms with E-state index in [2.05, 4.69) is 27.7 Å². The second kappa shape index (κ2) is 6.89.